The lowest BCUT2D eigenvalue weighted by atomic mass is 9.86. The number of rotatable bonds is 10. The number of hydrogen-bond acceptors (Lipinski definition) is 8. The van der Waals surface area contributed by atoms with Crippen LogP contribution < -0.4 is 20.8 Å². The predicted octanol–water partition coefficient (Wildman–Crippen LogP) is 3.82. The van der Waals surface area contributed by atoms with Crippen LogP contribution in [0.5, 0.6) is 5.75 Å². The van der Waals surface area contributed by atoms with Crippen molar-refractivity contribution in [2.45, 2.75) is 25.3 Å². The molecule has 0 aliphatic carbocycles. The van der Waals surface area contributed by atoms with Gasteiger partial charge < -0.3 is 24.4 Å². The van der Waals surface area contributed by atoms with E-state index in [0.29, 0.717) is 19.0 Å². The predicted molar refractivity (Wildman–Crippen MR) is 165 cm³/mol. The zero-order chi connectivity index (χ0) is 30.5. The number of anilines is 1. The molecule has 2 aliphatic rings. The summed E-state index contributed by atoms with van der Waals surface area (Å²) in [6.07, 6.45) is -1.64. The van der Waals surface area contributed by atoms with Crippen molar-refractivity contribution >= 4 is 34.2 Å². The van der Waals surface area contributed by atoms with Gasteiger partial charge in [0.15, 0.2) is 11.7 Å². The number of hydrazine groups is 1. The Labute approximate surface area is 255 Å². The minimum Gasteiger partial charge on any atom is -0.468 e. The first kappa shape index (κ1) is 29.2. The van der Waals surface area contributed by atoms with E-state index in [-0.39, 0.29) is 13.0 Å². The number of fused-ring (bicyclic) bond motifs is 1. The molecule has 0 unspecified atom stereocenters. The number of hydrogen-bond donors (Lipinski definition) is 2. The Balaban J connectivity index is 1.20. The van der Waals surface area contributed by atoms with Crippen molar-refractivity contribution in [3.8, 4) is 5.75 Å². The Morgan fingerprint density at radius 1 is 0.886 bits per heavy atom. The van der Waals surface area contributed by atoms with Crippen LogP contribution in [0.4, 0.5) is 10.5 Å². The molecule has 0 aromatic heterocycles. The lowest BCUT2D eigenvalue weighted by Gasteiger charge is -2.43. The Hall–Kier alpha value is -4.93. The monoisotopic (exact) mass is 594 g/mol. The third kappa shape index (κ3) is 6.51. The molecule has 0 bridgehead atoms. The van der Waals surface area contributed by atoms with E-state index in [9.17, 15) is 14.4 Å². The number of nitrogens with one attached hydrogen (secondary N) is 1. The maximum Gasteiger partial charge on any atom is 0.408 e. The van der Waals surface area contributed by atoms with Crippen molar-refractivity contribution in [1.29, 1.82) is 0 Å². The largest absolute Gasteiger partial charge is 0.468 e. The second-order valence-corrected chi connectivity index (χ2v) is 10.9. The van der Waals surface area contributed by atoms with Gasteiger partial charge in [-0.2, -0.15) is 0 Å². The van der Waals surface area contributed by atoms with E-state index >= 15 is 0 Å². The molecule has 2 heterocycles. The molecule has 6 rings (SSSR count). The number of nitrogens with two attached hydrogens (primary N) is 1. The van der Waals surface area contributed by atoms with Crippen LogP contribution in [0.1, 0.15) is 11.1 Å². The third-order valence-electron chi connectivity index (χ3n) is 7.94. The average Bonchev–Trinajstić information content (AvgIpc) is 3.07. The summed E-state index contributed by atoms with van der Waals surface area (Å²) in [4.78, 5) is 42.1. The first-order chi connectivity index (χ1) is 21.5. The molecule has 3 N–H and O–H groups in total. The highest BCUT2D eigenvalue weighted by Crippen LogP contribution is 2.31. The van der Waals surface area contributed by atoms with Crippen molar-refractivity contribution in [2.75, 3.05) is 31.2 Å². The summed E-state index contributed by atoms with van der Waals surface area (Å²) in [6.45, 7) is 2.80. The molecule has 10 nitrogen and oxygen atoms in total. The van der Waals surface area contributed by atoms with Crippen molar-refractivity contribution < 1.29 is 28.6 Å². The first-order valence-corrected chi connectivity index (χ1v) is 14.6. The lowest BCUT2D eigenvalue weighted by molar-refractivity contribution is -0.180. The number of benzene rings is 4. The summed E-state index contributed by atoms with van der Waals surface area (Å²) in [5, 5.41) is 5.68. The minimum absolute atomic E-state index is 0.0354. The standard InChI is InChI=1S/C34H34N4O6/c35-38-32(40)30(33(38)44-28-12-6-11-27(21-28)37-15-17-42-18-16-37)31(39)29(36-34(41)43-22-23-7-2-1-3-8-23)20-24-13-14-25-9-4-5-10-26(25)19-24/h1-14,19,21,29-30,33H,15-18,20,22,35H2,(H,36,41)/t29-,30-,33-/m0/s1. The number of amides is 2. The number of β-lactam (4-membered cyclic amide) rings is 1. The van der Waals surface area contributed by atoms with Crippen molar-refractivity contribution in [3.63, 3.8) is 0 Å². The molecule has 0 saturated carbocycles. The van der Waals surface area contributed by atoms with Gasteiger partial charge in [-0.3, -0.25) is 9.59 Å². The Morgan fingerprint density at radius 2 is 1.64 bits per heavy atom. The van der Waals surface area contributed by atoms with Crippen LogP contribution in [0.2, 0.25) is 0 Å². The Bertz CT molecular complexity index is 1640. The van der Waals surface area contributed by atoms with Gasteiger partial charge in [-0.25, -0.2) is 15.6 Å². The molecule has 44 heavy (non-hydrogen) atoms. The van der Waals surface area contributed by atoms with Gasteiger partial charge in [0.2, 0.25) is 6.23 Å². The Kier molecular flexibility index (Phi) is 8.71. The van der Waals surface area contributed by atoms with Crippen molar-refractivity contribution in [3.05, 3.63) is 108 Å². The van der Waals surface area contributed by atoms with E-state index in [1.54, 1.807) is 6.07 Å². The fourth-order valence-corrected chi connectivity index (χ4v) is 5.54. The van der Waals surface area contributed by atoms with Gasteiger partial charge >= 0.3 is 6.09 Å². The second-order valence-electron chi connectivity index (χ2n) is 10.9. The number of Topliss-reactive ketones (excluding diaryl/α,β-unsaturated/α-hetero) is 1. The molecule has 226 valence electrons. The Morgan fingerprint density at radius 3 is 2.43 bits per heavy atom. The van der Waals surface area contributed by atoms with Gasteiger partial charge in [0.25, 0.3) is 5.91 Å². The zero-order valence-electron chi connectivity index (χ0n) is 24.1. The number of nitrogens with zero attached hydrogens (tertiary/aromatic N) is 2. The normalized spacial score (nSPS) is 18.8. The molecule has 2 amide bonds. The molecule has 3 atom stereocenters. The summed E-state index contributed by atoms with van der Waals surface area (Å²) in [5.41, 5.74) is 2.57. The quantitative estimate of drug-likeness (QED) is 0.123. The summed E-state index contributed by atoms with van der Waals surface area (Å²) >= 11 is 0. The fourth-order valence-electron chi connectivity index (χ4n) is 5.54. The third-order valence-corrected chi connectivity index (χ3v) is 7.94. The van der Waals surface area contributed by atoms with Crippen LogP contribution in [0.25, 0.3) is 10.8 Å². The van der Waals surface area contributed by atoms with E-state index in [4.69, 9.17) is 20.1 Å². The van der Waals surface area contributed by atoms with Crippen LogP contribution in [0.15, 0.2) is 97.1 Å². The number of ketones is 1. The smallest absolute Gasteiger partial charge is 0.408 e. The van der Waals surface area contributed by atoms with E-state index in [1.807, 2.05) is 91.0 Å². The number of ether oxygens (including phenoxy) is 3. The fraction of sp³-hybridized carbons (Fsp3) is 0.265. The highest BCUT2D eigenvalue weighted by atomic mass is 16.5. The molecule has 0 radical (unpaired) electrons. The molecule has 4 aromatic carbocycles. The van der Waals surface area contributed by atoms with Gasteiger partial charge in [0.05, 0.1) is 19.3 Å². The SMILES string of the molecule is NN1C(=O)[C@H](C(=O)[C@H](Cc2ccc3ccccc3c2)NC(=O)OCc2ccccc2)[C@@H]1Oc1cccc(N2CCOCC2)c1. The van der Waals surface area contributed by atoms with E-state index in [2.05, 4.69) is 10.2 Å². The van der Waals surface area contributed by atoms with Crippen LogP contribution in [0.3, 0.4) is 0 Å². The molecule has 0 spiro atoms. The summed E-state index contributed by atoms with van der Waals surface area (Å²) in [6, 6.07) is 29.3. The number of carbonyl (C=O) groups excluding carboxylic acids is 3. The van der Waals surface area contributed by atoms with E-state index in [0.717, 1.165) is 45.7 Å². The van der Waals surface area contributed by atoms with Crippen LogP contribution in [0, 0.1) is 5.92 Å². The van der Waals surface area contributed by atoms with Crippen LogP contribution in [-0.4, -0.2) is 61.4 Å². The van der Waals surface area contributed by atoms with E-state index in [1.165, 1.54) is 0 Å². The van der Waals surface area contributed by atoms with Crippen LogP contribution in [-0.2, 0) is 32.1 Å². The van der Waals surface area contributed by atoms with Gasteiger partial charge in [0.1, 0.15) is 12.4 Å². The number of carbonyl (C=O) groups is 3. The number of alkyl carbamates (subject to hydrolysis) is 1. The van der Waals surface area contributed by atoms with Gasteiger partial charge in [-0.1, -0.05) is 78.9 Å². The summed E-state index contributed by atoms with van der Waals surface area (Å²) in [5.74, 6) is 4.21. The minimum atomic E-state index is -1.20. The maximum absolute atomic E-state index is 14.0. The topological polar surface area (TPSA) is 123 Å². The highest BCUT2D eigenvalue weighted by Gasteiger charge is 2.54. The average molecular weight is 595 g/mol. The lowest BCUT2D eigenvalue weighted by Crippen LogP contribution is -2.70. The molecular formula is C34H34N4O6. The van der Waals surface area contributed by atoms with E-state index < -0.39 is 36.0 Å². The van der Waals surface area contributed by atoms with Crippen molar-refractivity contribution in [1.82, 2.24) is 10.3 Å². The number of morpholine rings is 1. The molecule has 2 aliphatic heterocycles. The zero-order valence-corrected chi connectivity index (χ0v) is 24.1. The molecule has 4 aromatic rings. The summed E-state index contributed by atoms with van der Waals surface area (Å²) < 4.78 is 17.0. The molecular weight excluding hydrogens is 560 g/mol. The second kappa shape index (κ2) is 13.2. The van der Waals surface area contributed by atoms with Gasteiger partial charge in [-0.15, -0.1) is 0 Å². The van der Waals surface area contributed by atoms with Crippen LogP contribution >= 0.6 is 0 Å². The molecule has 2 saturated heterocycles. The first-order valence-electron chi connectivity index (χ1n) is 14.6. The van der Waals surface area contributed by atoms with Gasteiger partial charge in [0, 0.05) is 24.8 Å². The summed E-state index contributed by atoms with van der Waals surface area (Å²) in [7, 11) is 0. The molecule has 2 fully saturated rings. The van der Waals surface area contributed by atoms with Gasteiger partial charge in [-0.05, 0) is 40.5 Å². The maximum atomic E-state index is 14.0. The highest BCUT2D eigenvalue weighted by molar-refractivity contribution is 6.08. The molecule has 10 heteroatoms. The van der Waals surface area contributed by atoms with Crippen molar-refractivity contribution in [2.24, 2.45) is 11.8 Å².